The van der Waals surface area contributed by atoms with E-state index in [4.69, 9.17) is 10.6 Å². The number of ether oxygens (including phenoxy) is 1. The standard InChI is InChI=1S/C13H13N3O2S/c14-16-8-10(9-4-2-1-3-5-9)15-13(16)19-11-6-7-18-12(11)17/h1-5,8,11H,6-7,14H2. The van der Waals surface area contributed by atoms with Gasteiger partial charge in [0.15, 0.2) is 5.16 Å². The number of cyclic esters (lactones) is 1. The van der Waals surface area contributed by atoms with Gasteiger partial charge in [0.25, 0.3) is 0 Å². The molecule has 2 N–H and O–H groups in total. The van der Waals surface area contributed by atoms with Crippen LogP contribution in [0.15, 0.2) is 41.7 Å². The number of nitrogens with zero attached hydrogens (tertiary/aromatic N) is 2. The van der Waals surface area contributed by atoms with E-state index in [1.54, 1.807) is 6.20 Å². The number of aromatic nitrogens is 2. The van der Waals surface area contributed by atoms with Crippen molar-refractivity contribution in [3.05, 3.63) is 36.5 Å². The molecule has 1 saturated heterocycles. The largest absolute Gasteiger partial charge is 0.465 e. The van der Waals surface area contributed by atoms with Gasteiger partial charge in [0.2, 0.25) is 0 Å². The van der Waals surface area contributed by atoms with E-state index < -0.39 is 0 Å². The highest BCUT2D eigenvalue weighted by Gasteiger charge is 2.29. The van der Waals surface area contributed by atoms with Crippen LogP contribution < -0.4 is 5.84 Å². The lowest BCUT2D eigenvalue weighted by Crippen LogP contribution is -2.14. The Morgan fingerprint density at radius 2 is 2.16 bits per heavy atom. The van der Waals surface area contributed by atoms with E-state index in [0.29, 0.717) is 18.2 Å². The zero-order valence-electron chi connectivity index (χ0n) is 10.2. The first kappa shape index (κ1) is 12.1. The number of esters is 1. The number of carbonyl (C=O) groups is 1. The van der Waals surface area contributed by atoms with E-state index in [2.05, 4.69) is 4.98 Å². The van der Waals surface area contributed by atoms with Crippen molar-refractivity contribution in [2.24, 2.45) is 0 Å². The molecule has 0 bridgehead atoms. The van der Waals surface area contributed by atoms with Crippen molar-refractivity contribution < 1.29 is 9.53 Å². The Morgan fingerprint density at radius 1 is 1.37 bits per heavy atom. The van der Waals surface area contributed by atoms with Gasteiger partial charge in [0, 0.05) is 12.0 Å². The summed E-state index contributed by atoms with van der Waals surface area (Å²) >= 11 is 1.35. The van der Waals surface area contributed by atoms with E-state index in [9.17, 15) is 4.79 Å². The summed E-state index contributed by atoms with van der Waals surface area (Å²) in [7, 11) is 0. The summed E-state index contributed by atoms with van der Waals surface area (Å²) in [6.07, 6.45) is 2.47. The molecule has 1 fully saturated rings. The Bertz CT molecular complexity index is 597. The maximum atomic E-state index is 11.4. The van der Waals surface area contributed by atoms with Crippen LogP contribution in [0.25, 0.3) is 11.3 Å². The van der Waals surface area contributed by atoms with Crippen molar-refractivity contribution in [1.29, 1.82) is 0 Å². The molecule has 2 heterocycles. The molecule has 0 amide bonds. The lowest BCUT2D eigenvalue weighted by molar-refractivity contribution is -0.137. The fourth-order valence-corrected chi connectivity index (χ4v) is 2.88. The van der Waals surface area contributed by atoms with Crippen molar-refractivity contribution in [3.8, 4) is 11.3 Å². The highest BCUT2D eigenvalue weighted by molar-refractivity contribution is 8.00. The smallest absolute Gasteiger partial charge is 0.319 e. The molecule has 5 nitrogen and oxygen atoms in total. The molecule has 0 aliphatic carbocycles. The molecule has 98 valence electrons. The van der Waals surface area contributed by atoms with Crippen LogP contribution in [0.3, 0.4) is 0 Å². The third-order valence-corrected chi connectivity index (χ3v) is 4.13. The van der Waals surface area contributed by atoms with Crippen molar-refractivity contribution in [1.82, 2.24) is 9.66 Å². The topological polar surface area (TPSA) is 70.1 Å². The Hall–Kier alpha value is -1.95. The molecule has 0 saturated carbocycles. The monoisotopic (exact) mass is 275 g/mol. The first-order chi connectivity index (χ1) is 9.24. The minimum atomic E-state index is -0.201. The predicted molar refractivity (Wildman–Crippen MR) is 73.0 cm³/mol. The maximum Gasteiger partial charge on any atom is 0.319 e. The summed E-state index contributed by atoms with van der Waals surface area (Å²) in [5.41, 5.74) is 1.81. The van der Waals surface area contributed by atoms with Crippen LogP contribution in [0.2, 0.25) is 0 Å². The SMILES string of the molecule is Nn1cc(-c2ccccc2)nc1SC1CCOC1=O. The van der Waals surface area contributed by atoms with Crippen molar-refractivity contribution in [2.45, 2.75) is 16.8 Å². The first-order valence-electron chi connectivity index (χ1n) is 5.97. The van der Waals surface area contributed by atoms with Gasteiger partial charge in [-0.25, -0.2) is 9.66 Å². The molecule has 1 aromatic heterocycles. The van der Waals surface area contributed by atoms with E-state index in [0.717, 1.165) is 11.3 Å². The van der Waals surface area contributed by atoms with E-state index >= 15 is 0 Å². The Kier molecular flexibility index (Phi) is 3.16. The van der Waals surface area contributed by atoms with E-state index in [-0.39, 0.29) is 11.2 Å². The van der Waals surface area contributed by atoms with E-state index in [1.165, 1.54) is 16.4 Å². The summed E-state index contributed by atoms with van der Waals surface area (Å²) in [4.78, 5) is 15.9. The summed E-state index contributed by atoms with van der Waals surface area (Å²) in [6.45, 7) is 0.479. The molecule has 0 radical (unpaired) electrons. The zero-order valence-corrected chi connectivity index (χ0v) is 11.0. The molecule has 3 rings (SSSR count). The van der Waals surface area contributed by atoms with Crippen LogP contribution in [0.5, 0.6) is 0 Å². The van der Waals surface area contributed by atoms with Crippen molar-refractivity contribution in [3.63, 3.8) is 0 Å². The van der Waals surface area contributed by atoms with Gasteiger partial charge in [-0.3, -0.25) is 4.79 Å². The molecule has 2 aromatic rings. The Balaban J connectivity index is 1.84. The highest BCUT2D eigenvalue weighted by Crippen LogP contribution is 2.30. The number of imidazole rings is 1. The normalized spacial score (nSPS) is 18.5. The van der Waals surface area contributed by atoms with Crippen LogP contribution in [-0.4, -0.2) is 27.5 Å². The summed E-state index contributed by atoms with van der Waals surface area (Å²) < 4.78 is 6.39. The van der Waals surface area contributed by atoms with Crippen LogP contribution in [0, 0.1) is 0 Å². The van der Waals surface area contributed by atoms with Gasteiger partial charge in [-0.2, -0.15) is 0 Å². The van der Waals surface area contributed by atoms with Gasteiger partial charge in [0.05, 0.1) is 18.5 Å². The quantitative estimate of drug-likeness (QED) is 0.681. The van der Waals surface area contributed by atoms with Gasteiger partial charge in [-0.05, 0) is 0 Å². The molecule has 1 unspecified atom stereocenters. The second-order valence-corrected chi connectivity index (χ2v) is 5.41. The lowest BCUT2D eigenvalue weighted by atomic mass is 10.2. The second kappa shape index (κ2) is 4.97. The van der Waals surface area contributed by atoms with Gasteiger partial charge in [0.1, 0.15) is 5.25 Å². The average molecular weight is 275 g/mol. The minimum Gasteiger partial charge on any atom is -0.465 e. The van der Waals surface area contributed by atoms with Crippen LogP contribution in [0.4, 0.5) is 0 Å². The number of rotatable bonds is 3. The second-order valence-electron chi connectivity index (χ2n) is 4.24. The molecule has 6 heteroatoms. The number of nitrogen functional groups attached to an aromatic ring is 1. The van der Waals surface area contributed by atoms with Gasteiger partial charge in [-0.15, -0.1) is 0 Å². The summed E-state index contributed by atoms with van der Waals surface area (Å²) in [6, 6.07) is 9.80. The number of benzene rings is 1. The number of nitrogens with two attached hydrogens (primary N) is 1. The molecule has 1 aliphatic heterocycles. The number of thioether (sulfide) groups is 1. The molecule has 1 aliphatic rings. The van der Waals surface area contributed by atoms with Gasteiger partial charge >= 0.3 is 5.97 Å². The molecule has 0 spiro atoms. The molecule has 1 atom stereocenters. The first-order valence-corrected chi connectivity index (χ1v) is 6.85. The summed E-state index contributed by atoms with van der Waals surface area (Å²) in [5.74, 6) is 5.70. The molecule has 19 heavy (non-hydrogen) atoms. The van der Waals surface area contributed by atoms with Crippen molar-refractivity contribution >= 4 is 17.7 Å². The van der Waals surface area contributed by atoms with Crippen LogP contribution >= 0.6 is 11.8 Å². The number of carbonyl (C=O) groups excluding carboxylic acids is 1. The molecule has 1 aromatic carbocycles. The Labute approximate surface area is 114 Å². The molecular formula is C13H13N3O2S. The molecular weight excluding hydrogens is 262 g/mol. The van der Waals surface area contributed by atoms with Crippen LogP contribution in [0.1, 0.15) is 6.42 Å². The fourth-order valence-electron chi connectivity index (χ4n) is 1.92. The highest BCUT2D eigenvalue weighted by atomic mass is 32.2. The fraction of sp³-hybridized carbons (Fsp3) is 0.231. The predicted octanol–water partition coefficient (Wildman–Crippen LogP) is 1.67. The maximum absolute atomic E-state index is 11.4. The third-order valence-electron chi connectivity index (χ3n) is 2.90. The minimum absolute atomic E-state index is 0.186. The van der Waals surface area contributed by atoms with Crippen LogP contribution in [-0.2, 0) is 9.53 Å². The number of hydrogen-bond donors (Lipinski definition) is 1. The Morgan fingerprint density at radius 3 is 2.84 bits per heavy atom. The summed E-state index contributed by atoms with van der Waals surface area (Å²) in [5, 5.41) is 0.427. The van der Waals surface area contributed by atoms with Gasteiger partial charge in [-0.1, -0.05) is 42.1 Å². The third kappa shape index (κ3) is 2.44. The zero-order chi connectivity index (χ0) is 13.2. The average Bonchev–Trinajstić information content (AvgIpc) is 2.99. The van der Waals surface area contributed by atoms with E-state index in [1.807, 2.05) is 30.3 Å². The van der Waals surface area contributed by atoms with Crippen molar-refractivity contribution in [2.75, 3.05) is 12.4 Å². The number of hydrogen-bond acceptors (Lipinski definition) is 5. The van der Waals surface area contributed by atoms with Gasteiger partial charge < -0.3 is 10.6 Å². The lowest BCUT2D eigenvalue weighted by Gasteiger charge is -2.03.